The Kier molecular flexibility index (Phi) is 6.11. The van der Waals surface area contributed by atoms with E-state index in [0.717, 1.165) is 16.2 Å². The van der Waals surface area contributed by atoms with Crippen molar-refractivity contribution in [1.29, 1.82) is 0 Å². The number of rotatable bonds is 6. The van der Waals surface area contributed by atoms with Crippen molar-refractivity contribution in [3.63, 3.8) is 0 Å². The molecule has 0 unspecified atom stereocenters. The van der Waals surface area contributed by atoms with Crippen LogP contribution in [0.3, 0.4) is 0 Å². The second-order valence-corrected chi connectivity index (χ2v) is 9.96. The fourth-order valence-electron chi connectivity index (χ4n) is 3.50. The van der Waals surface area contributed by atoms with E-state index in [2.05, 4.69) is 28.8 Å². The van der Waals surface area contributed by atoms with Crippen LogP contribution in [0.5, 0.6) is 11.6 Å². The quantitative estimate of drug-likeness (QED) is 0.361. The van der Waals surface area contributed by atoms with E-state index in [1.807, 2.05) is 24.3 Å². The maximum Gasteiger partial charge on any atom is 0.332 e. The van der Waals surface area contributed by atoms with Crippen molar-refractivity contribution in [1.82, 2.24) is 19.5 Å². The molecule has 0 amide bonds. The predicted molar refractivity (Wildman–Crippen MR) is 128 cm³/mol. The Morgan fingerprint density at radius 1 is 1.06 bits per heavy atom. The molecule has 32 heavy (non-hydrogen) atoms. The average molecular weight is 491 g/mol. The lowest BCUT2D eigenvalue weighted by molar-refractivity contribution is 0.401. The molecule has 7 nitrogen and oxygen atoms in total. The number of fused-ring (bicyclic) bond motifs is 1. The molecule has 0 atom stereocenters. The first-order valence-corrected chi connectivity index (χ1v) is 11.1. The summed E-state index contributed by atoms with van der Waals surface area (Å²) in [5.41, 5.74) is 1.84. The molecule has 2 aromatic heterocycles. The predicted octanol–water partition coefficient (Wildman–Crippen LogP) is 5.46. The van der Waals surface area contributed by atoms with E-state index in [4.69, 9.17) is 32.7 Å². The summed E-state index contributed by atoms with van der Waals surface area (Å²) in [4.78, 5) is 24.7. The number of nitrogens with zero attached hydrogens (tertiary/aromatic N) is 3. The van der Waals surface area contributed by atoms with Crippen molar-refractivity contribution < 1.29 is 9.47 Å². The highest BCUT2D eigenvalue weighted by Crippen LogP contribution is 2.46. The molecule has 2 aromatic carbocycles. The molecular formula is C22H20Cl2N4O3S. The number of nitrogens with one attached hydrogen (secondary N) is 1. The molecule has 1 N–H and O–H groups in total. The summed E-state index contributed by atoms with van der Waals surface area (Å²) < 4.78 is 11.8. The normalized spacial score (nSPS) is 11.7. The number of hydrogen-bond donors (Lipinski definition) is 1. The number of aromatic amines is 1. The molecule has 0 saturated heterocycles. The van der Waals surface area contributed by atoms with Crippen molar-refractivity contribution >= 4 is 46.1 Å². The fourth-order valence-corrected chi connectivity index (χ4v) is 5.04. The zero-order valence-electron chi connectivity index (χ0n) is 17.8. The maximum atomic E-state index is 12.8. The highest BCUT2D eigenvalue weighted by atomic mass is 35.5. The highest BCUT2D eigenvalue weighted by molar-refractivity contribution is 8.00. The number of thioether (sulfide) groups is 1. The van der Waals surface area contributed by atoms with Crippen LogP contribution < -0.4 is 15.2 Å². The maximum absolute atomic E-state index is 12.8. The van der Waals surface area contributed by atoms with Crippen LogP contribution in [-0.4, -0.2) is 33.7 Å². The summed E-state index contributed by atoms with van der Waals surface area (Å²) in [6.45, 7) is 4.16. The monoisotopic (exact) mass is 490 g/mol. The Bertz CT molecular complexity index is 1370. The topological polar surface area (TPSA) is 82.0 Å². The van der Waals surface area contributed by atoms with Gasteiger partial charge in [0.2, 0.25) is 5.88 Å². The van der Waals surface area contributed by atoms with Crippen molar-refractivity contribution in [2.24, 2.45) is 0 Å². The van der Waals surface area contributed by atoms with Gasteiger partial charge in [0.15, 0.2) is 5.65 Å². The smallest absolute Gasteiger partial charge is 0.332 e. The van der Waals surface area contributed by atoms with Gasteiger partial charge in [-0.3, -0.25) is 4.98 Å². The molecular weight excluding hydrogens is 471 g/mol. The minimum absolute atomic E-state index is 0.279. The Balaban J connectivity index is 1.80. The lowest BCUT2D eigenvalue weighted by atomic mass is 10.0. The standard InChI is InChI=1S/C22H20Cl2N4O3S/c1-22(2,14-9-12(23)5-8-17(14)30-3)32-13-6-7-15(24)16(10-13)28-19-18(27-21(28)29)20(31-4)26-11-25-19/h5-11H,1-4H3,(H,27,29). The molecule has 0 spiro atoms. The van der Waals surface area contributed by atoms with E-state index < -0.39 is 10.4 Å². The lowest BCUT2D eigenvalue weighted by Gasteiger charge is -2.27. The van der Waals surface area contributed by atoms with E-state index in [9.17, 15) is 4.79 Å². The van der Waals surface area contributed by atoms with Gasteiger partial charge in [0.25, 0.3) is 0 Å². The van der Waals surface area contributed by atoms with Gasteiger partial charge < -0.3 is 9.47 Å². The number of benzene rings is 2. The third-order valence-electron chi connectivity index (χ3n) is 4.97. The second-order valence-electron chi connectivity index (χ2n) is 7.42. The number of imidazole rings is 1. The van der Waals surface area contributed by atoms with Crippen molar-refractivity contribution in [2.75, 3.05) is 14.2 Å². The van der Waals surface area contributed by atoms with Crippen LogP contribution in [0.1, 0.15) is 19.4 Å². The van der Waals surface area contributed by atoms with Crippen molar-refractivity contribution in [3.8, 4) is 17.3 Å². The van der Waals surface area contributed by atoms with Crippen LogP contribution in [-0.2, 0) is 4.75 Å². The number of hydrogen-bond acceptors (Lipinski definition) is 6. The number of H-pyrrole nitrogens is 1. The van der Waals surface area contributed by atoms with Crippen LogP contribution in [0.2, 0.25) is 10.0 Å². The third kappa shape index (κ3) is 4.05. The summed E-state index contributed by atoms with van der Waals surface area (Å²) in [6.07, 6.45) is 1.34. The number of halogens is 2. The van der Waals surface area contributed by atoms with Crippen molar-refractivity contribution in [2.45, 2.75) is 23.5 Å². The molecule has 0 fully saturated rings. The van der Waals surface area contributed by atoms with Gasteiger partial charge in [0, 0.05) is 20.2 Å². The average Bonchev–Trinajstić information content (AvgIpc) is 3.10. The Morgan fingerprint density at radius 3 is 2.56 bits per heavy atom. The number of ether oxygens (including phenoxy) is 2. The SMILES string of the molecule is COc1ccc(Cl)cc1C(C)(C)Sc1ccc(Cl)c(-n2c(=O)[nH]c3c(OC)ncnc32)c1. The Hall–Kier alpha value is -2.68. The first-order valence-electron chi connectivity index (χ1n) is 9.58. The summed E-state index contributed by atoms with van der Waals surface area (Å²) in [5, 5.41) is 1.04. The van der Waals surface area contributed by atoms with Gasteiger partial charge in [0.05, 0.1) is 24.9 Å². The minimum Gasteiger partial charge on any atom is -0.496 e. The molecule has 0 aliphatic rings. The molecule has 2 heterocycles. The van der Waals surface area contributed by atoms with Gasteiger partial charge in [-0.25, -0.2) is 14.3 Å². The second kappa shape index (κ2) is 8.69. The van der Waals surface area contributed by atoms with Gasteiger partial charge in [-0.05, 0) is 50.2 Å². The molecule has 4 aromatic rings. The number of aromatic nitrogens is 4. The van der Waals surface area contributed by atoms with E-state index in [1.54, 1.807) is 31.0 Å². The van der Waals surface area contributed by atoms with Crippen LogP contribution in [0.15, 0.2) is 52.4 Å². The van der Waals surface area contributed by atoms with Crippen LogP contribution in [0.25, 0.3) is 16.9 Å². The zero-order valence-corrected chi connectivity index (χ0v) is 20.1. The number of methoxy groups -OCH3 is 2. The van der Waals surface area contributed by atoms with Gasteiger partial charge in [-0.2, -0.15) is 4.98 Å². The molecule has 0 aliphatic heterocycles. The van der Waals surface area contributed by atoms with E-state index in [-0.39, 0.29) is 5.88 Å². The van der Waals surface area contributed by atoms with Crippen molar-refractivity contribution in [3.05, 3.63) is 68.8 Å². The molecule has 10 heteroatoms. The summed E-state index contributed by atoms with van der Waals surface area (Å²) in [6, 6.07) is 11.1. The van der Waals surface area contributed by atoms with Crippen LogP contribution in [0.4, 0.5) is 0 Å². The van der Waals surface area contributed by atoms with Gasteiger partial charge >= 0.3 is 5.69 Å². The van der Waals surface area contributed by atoms with Gasteiger partial charge in [-0.1, -0.05) is 23.2 Å². The molecule has 4 rings (SSSR count). The summed E-state index contributed by atoms with van der Waals surface area (Å²) >= 11 is 14.3. The largest absolute Gasteiger partial charge is 0.496 e. The molecule has 0 radical (unpaired) electrons. The molecule has 0 bridgehead atoms. The van der Waals surface area contributed by atoms with E-state index >= 15 is 0 Å². The van der Waals surface area contributed by atoms with E-state index in [1.165, 1.54) is 18.0 Å². The van der Waals surface area contributed by atoms with Crippen LogP contribution in [0, 0.1) is 0 Å². The Morgan fingerprint density at radius 2 is 1.84 bits per heavy atom. The van der Waals surface area contributed by atoms with Crippen LogP contribution >= 0.6 is 35.0 Å². The zero-order chi connectivity index (χ0) is 23.0. The fraction of sp³-hybridized carbons (Fsp3) is 0.227. The first-order chi connectivity index (χ1) is 15.2. The molecule has 166 valence electrons. The Labute approximate surface area is 198 Å². The third-order valence-corrected chi connectivity index (χ3v) is 6.75. The minimum atomic E-state index is -0.391. The first kappa shape index (κ1) is 22.5. The molecule has 0 saturated carbocycles. The highest BCUT2D eigenvalue weighted by Gasteiger charge is 2.27. The lowest BCUT2D eigenvalue weighted by Crippen LogP contribution is -2.16. The summed E-state index contributed by atoms with van der Waals surface area (Å²) in [5.74, 6) is 1.03. The molecule has 0 aliphatic carbocycles. The van der Waals surface area contributed by atoms with Gasteiger partial charge in [-0.15, -0.1) is 11.8 Å². The van der Waals surface area contributed by atoms with E-state index in [0.29, 0.717) is 26.9 Å². The summed E-state index contributed by atoms with van der Waals surface area (Å²) in [7, 11) is 3.11. The van der Waals surface area contributed by atoms with Gasteiger partial charge in [0.1, 0.15) is 17.6 Å².